The van der Waals surface area contributed by atoms with E-state index in [4.69, 9.17) is 5.11 Å². The Balaban J connectivity index is 1.91. The highest BCUT2D eigenvalue weighted by atomic mass is 32.2. The first kappa shape index (κ1) is 13.9. The van der Waals surface area contributed by atoms with Gasteiger partial charge in [-0.15, -0.1) is 0 Å². The molecule has 1 aromatic rings. The molecule has 0 spiro atoms. The van der Waals surface area contributed by atoms with E-state index in [-0.39, 0.29) is 18.2 Å². The van der Waals surface area contributed by atoms with E-state index in [1.807, 2.05) is 11.8 Å². The maximum Gasteiger partial charge on any atom is 0.307 e. The van der Waals surface area contributed by atoms with Gasteiger partial charge in [0.05, 0.1) is 6.42 Å². The molecule has 4 nitrogen and oxygen atoms in total. The highest BCUT2D eigenvalue weighted by Crippen LogP contribution is 2.24. The fraction of sp³-hybridized carbons (Fsp3) is 0.429. The number of aliphatic carboxylic acids is 1. The van der Waals surface area contributed by atoms with Crippen molar-refractivity contribution in [3.63, 3.8) is 0 Å². The SMILES string of the molecule is O=C(O)Cc1ccc(NC(=O)C2CCSCC2)cc1. The Morgan fingerprint density at radius 2 is 1.84 bits per heavy atom. The van der Waals surface area contributed by atoms with Crippen LogP contribution in [-0.4, -0.2) is 28.5 Å². The molecule has 1 aliphatic heterocycles. The van der Waals surface area contributed by atoms with E-state index in [1.54, 1.807) is 24.3 Å². The largest absolute Gasteiger partial charge is 0.481 e. The summed E-state index contributed by atoms with van der Waals surface area (Å²) in [6.45, 7) is 0. The summed E-state index contributed by atoms with van der Waals surface area (Å²) in [5, 5.41) is 11.6. The maximum absolute atomic E-state index is 12.0. The zero-order valence-corrected chi connectivity index (χ0v) is 11.4. The van der Waals surface area contributed by atoms with Crippen molar-refractivity contribution in [1.29, 1.82) is 0 Å². The third-order valence-electron chi connectivity index (χ3n) is 3.17. The summed E-state index contributed by atoms with van der Waals surface area (Å²) in [6.07, 6.45) is 1.88. The second-order valence-electron chi connectivity index (χ2n) is 4.64. The fourth-order valence-corrected chi connectivity index (χ4v) is 3.19. The highest BCUT2D eigenvalue weighted by molar-refractivity contribution is 7.99. The van der Waals surface area contributed by atoms with Crippen LogP contribution >= 0.6 is 11.8 Å². The molecule has 0 radical (unpaired) electrons. The topological polar surface area (TPSA) is 66.4 Å². The summed E-state index contributed by atoms with van der Waals surface area (Å²) in [6, 6.07) is 6.99. The molecule has 2 N–H and O–H groups in total. The predicted molar refractivity (Wildman–Crippen MR) is 76.5 cm³/mol. The molecule has 5 heteroatoms. The second-order valence-corrected chi connectivity index (χ2v) is 5.87. The van der Waals surface area contributed by atoms with Gasteiger partial charge in [-0.05, 0) is 42.0 Å². The lowest BCUT2D eigenvalue weighted by molar-refractivity contribution is -0.136. The molecular formula is C14H17NO3S. The summed E-state index contributed by atoms with van der Waals surface area (Å²) in [5.74, 6) is 1.44. The van der Waals surface area contributed by atoms with Crippen molar-refractivity contribution in [2.75, 3.05) is 16.8 Å². The monoisotopic (exact) mass is 279 g/mol. The summed E-state index contributed by atoms with van der Waals surface area (Å²) < 4.78 is 0. The van der Waals surface area contributed by atoms with E-state index in [0.29, 0.717) is 0 Å². The molecule has 0 atom stereocenters. The van der Waals surface area contributed by atoms with Gasteiger partial charge in [0.15, 0.2) is 0 Å². The normalized spacial score (nSPS) is 16.0. The number of benzene rings is 1. The van der Waals surface area contributed by atoms with E-state index in [1.165, 1.54) is 0 Å². The lowest BCUT2D eigenvalue weighted by Crippen LogP contribution is -2.26. The van der Waals surface area contributed by atoms with Crippen LogP contribution in [0.5, 0.6) is 0 Å². The standard InChI is InChI=1S/C14H17NO3S/c16-13(17)9-10-1-3-12(4-2-10)15-14(18)11-5-7-19-8-6-11/h1-4,11H,5-9H2,(H,15,18)(H,16,17). The molecule has 2 rings (SSSR count). The van der Waals surface area contributed by atoms with E-state index in [9.17, 15) is 9.59 Å². The molecular weight excluding hydrogens is 262 g/mol. The van der Waals surface area contributed by atoms with Crippen LogP contribution in [0.4, 0.5) is 5.69 Å². The number of hydrogen-bond donors (Lipinski definition) is 2. The van der Waals surface area contributed by atoms with Crippen molar-refractivity contribution in [3.05, 3.63) is 29.8 Å². The number of anilines is 1. The number of carboxylic acid groups (broad SMARTS) is 1. The Hall–Kier alpha value is -1.49. The molecule has 0 bridgehead atoms. The molecule has 1 aliphatic rings. The zero-order valence-electron chi connectivity index (χ0n) is 10.6. The van der Waals surface area contributed by atoms with Crippen molar-refractivity contribution >= 4 is 29.3 Å². The van der Waals surface area contributed by atoms with Gasteiger partial charge in [-0.3, -0.25) is 9.59 Å². The highest BCUT2D eigenvalue weighted by Gasteiger charge is 2.21. The molecule has 1 saturated heterocycles. The number of nitrogens with one attached hydrogen (secondary N) is 1. The van der Waals surface area contributed by atoms with Gasteiger partial charge < -0.3 is 10.4 Å². The molecule has 0 unspecified atom stereocenters. The maximum atomic E-state index is 12.0. The number of carbonyl (C=O) groups excluding carboxylic acids is 1. The van der Waals surface area contributed by atoms with Crippen LogP contribution in [0.3, 0.4) is 0 Å². The number of amides is 1. The molecule has 1 heterocycles. The van der Waals surface area contributed by atoms with Crippen LogP contribution < -0.4 is 5.32 Å². The average Bonchev–Trinajstić information content (AvgIpc) is 2.41. The lowest BCUT2D eigenvalue weighted by atomic mass is 10.0. The van der Waals surface area contributed by atoms with E-state index in [2.05, 4.69) is 5.32 Å². The quantitative estimate of drug-likeness (QED) is 0.888. The van der Waals surface area contributed by atoms with Gasteiger partial charge in [-0.1, -0.05) is 12.1 Å². The van der Waals surface area contributed by atoms with Crippen molar-refractivity contribution in [3.8, 4) is 0 Å². The number of carbonyl (C=O) groups is 2. The molecule has 0 saturated carbocycles. The molecule has 0 aromatic heterocycles. The minimum Gasteiger partial charge on any atom is -0.481 e. The Labute approximate surface area is 116 Å². The molecule has 102 valence electrons. The number of carboxylic acids is 1. The molecule has 1 fully saturated rings. The van der Waals surface area contributed by atoms with Gasteiger partial charge in [0, 0.05) is 11.6 Å². The van der Waals surface area contributed by atoms with Crippen LogP contribution in [0.2, 0.25) is 0 Å². The summed E-state index contributed by atoms with van der Waals surface area (Å²) in [5.41, 5.74) is 1.47. The van der Waals surface area contributed by atoms with Crippen LogP contribution in [0, 0.1) is 5.92 Å². The first-order chi connectivity index (χ1) is 9.15. The molecule has 0 aliphatic carbocycles. The first-order valence-electron chi connectivity index (χ1n) is 6.34. The summed E-state index contributed by atoms with van der Waals surface area (Å²) in [4.78, 5) is 22.6. The Morgan fingerprint density at radius 3 is 2.42 bits per heavy atom. The average molecular weight is 279 g/mol. The first-order valence-corrected chi connectivity index (χ1v) is 7.50. The minimum absolute atomic E-state index is 0.00801. The fourth-order valence-electron chi connectivity index (χ4n) is 2.08. The van der Waals surface area contributed by atoms with Gasteiger partial charge in [-0.25, -0.2) is 0 Å². The Kier molecular flexibility index (Phi) is 4.85. The molecule has 1 aromatic carbocycles. The second kappa shape index (κ2) is 6.61. The minimum atomic E-state index is -0.850. The molecule has 19 heavy (non-hydrogen) atoms. The Bertz CT molecular complexity index is 452. The summed E-state index contributed by atoms with van der Waals surface area (Å²) >= 11 is 1.89. The third kappa shape index (κ3) is 4.28. The van der Waals surface area contributed by atoms with Crippen LogP contribution in [0.25, 0.3) is 0 Å². The summed E-state index contributed by atoms with van der Waals surface area (Å²) in [7, 11) is 0. The van der Waals surface area contributed by atoms with E-state index < -0.39 is 5.97 Å². The van der Waals surface area contributed by atoms with Crippen LogP contribution in [-0.2, 0) is 16.0 Å². The zero-order chi connectivity index (χ0) is 13.7. The van der Waals surface area contributed by atoms with Crippen LogP contribution in [0.15, 0.2) is 24.3 Å². The van der Waals surface area contributed by atoms with E-state index in [0.717, 1.165) is 35.6 Å². The lowest BCUT2D eigenvalue weighted by Gasteiger charge is -2.20. The smallest absolute Gasteiger partial charge is 0.307 e. The van der Waals surface area contributed by atoms with Crippen molar-refractivity contribution in [2.45, 2.75) is 19.3 Å². The Morgan fingerprint density at radius 1 is 1.21 bits per heavy atom. The van der Waals surface area contributed by atoms with Crippen molar-refractivity contribution in [1.82, 2.24) is 0 Å². The third-order valence-corrected chi connectivity index (χ3v) is 4.22. The van der Waals surface area contributed by atoms with Crippen molar-refractivity contribution < 1.29 is 14.7 Å². The van der Waals surface area contributed by atoms with Crippen LogP contribution in [0.1, 0.15) is 18.4 Å². The predicted octanol–water partition coefficient (Wildman–Crippen LogP) is 2.40. The molecule has 1 amide bonds. The van der Waals surface area contributed by atoms with Gasteiger partial charge in [0.2, 0.25) is 5.91 Å². The van der Waals surface area contributed by atoms with Gasteiger partial charge in [0.1, 0.15) is 0 Å². The van der Waals surface area contributed by atoms with Crippen molar-refractivity contribution in [2.24, 2.45) is 5.92 Å². The number of rotatable bonds is 4. The van der Waals surface area contributed by atoms with E-state index >= 15 is 0 Å². The van der Waals surface area contributed by atoms with Gasteiger partial charge in [0.25, 0.3) is 0 Å². The number of hydrogen-bond acceptors (Lipinski definition) is 3. The van der Waals surface area contributed by atoms with Gasteiger partial charge >= 0.3 is 5.97 Å². The van der Waals surface area contributed by atoms with Gasteiger partial charge in [-0.2, -0.15) is 11.8 Å². The number of thioether (sulfide) groups is 1.